The SMILES string of the molecule is COC(=O)c1nc(-c2ccc(OC(F)(F)F)cc2)oc1C. The summed E-state index contributed by atoms with van der Waals surface area (Å²) >= 11 is 0. The van der Waals surface area contributed by atoms with Crippen molar-refractivity contribution in [1.29, 1.82) is 0 Å². The van der Waals surface area contributed by atoms with E-state index >= 15 is 0 Å². The number of aryl methyl sites for hydroxylation is 1. The van der Waals surface area contributed by atoms with Crippen molar-refractivity contribution in [1.82, 2.24) is 4.98 Å². The van der Waals surface area contributed by atoms with E-state index in [1.54, 1.807) is 0 Å². The molecule has 0 N–H and O–H groups in total. The van der Waals surface area contributed by atoms with Crippen LogP contribution in [0, 0.1) is 6.92 Å². The number of rotatable bonds is 3. The number of nitrogens with zero attached hydrogens (tertiary/aromatic N) is 1. The van der Waals surface area contributed by atoms with Gasteiger partial charge in [-0.15, -0.1) is 13.2 Å². The first-order chi connectivity index (χ1) is 9.80. The molecule has 2 aromatic rings. The summed E-state index contributed by atoms with van der Waals surface area (Å²) in [5.74, 6) is -0.652. The summed E-state index contributed by atoms with van der Waals surface area (Å²) in [7, 11) is 1.21. The second-order valence-corrected chi connectivity index (χ2v) is 3.99. The highest BCUT2D eigenvalue weighted by atomic mass is 19.4. The van der Waals surface area contributed by atoms with Gasteiger partial charge in [0.1, 0.15) is 11.5 Å². The number of methoxy groups -OCH3 is 1. The van der Waals surface area contributed by atoms with Crippen LogP contribution in [-0.4, -0.2) is 24.4 Å². The number of hydrogen-bond donors (Lipinski definition) is 0. The molecule has 1 aromatic heterocycles. The maximum atomic E-state index is 12.0. The molecule has 0 saturated carbocycles. The van der Waals surface area contributed by atoms with Crippen molar-refractivity contribution in [2.75, 3.05) is 7.11 Å². The van der Waals surface area contributed by atoms with Crippen molar-refractivity contribution in [3.8, 4) is 17.2 Å². The van der Waals surface area contributed by atoms with Gasteiger partial charge in [0.25, 0.3) is 0 Å². The molecule has 8 heteroatoms. The summed E-state index contributed by atoms with van der Waals surface area (Å²) in [4.78, 5) is 15.4. The summed E-state index contributed by atoms with van der Waals surface area (Å²) in [6.45, 7) is 1.53. The van der Waals surface area contributed by atoms with Gasteiger partial charge in [0.2, 0.25) is 5.89 Å². The van der Waals surface area contributed by atoms with Crippen LogP contribution in [-0.2, 0) is 4.74 Å². The summed E-state index contributed by atoms with van der Waals surface area (Å²) in [5, 5.41) is 0. The first-order valence-corrected chi connectivity index (χ1v) is 5.72. The van der Waals surface area contributed by atoms with Gasteiger partial charge in [-0.05, 0) is 31.2 Å². The molecular weight excluding hydrogens is 291 g/mol. The van der Waals surface area contributed by atoms with Crippen LogP contribution in [0.25, 0.3) is 11.5 Å². The fraction of sp³-hybridized carbons (Fsp3) is 0.231. The van der Waals surface area contributed by atoms with E-state index in [9.17, 15) is 18.0 Å². The van der Waals surface area contributed by atoms with Crippen LogP contribution < -0.4 is 4.74 Å². The van der Waals surface area contributed by atoms with E-state index < -0.39 is 12.3 Å². The highest BCUT2D eigenvalue weighted by Gasteiger charge is 2.31. The molecule has 2 rings (SSSR count). The lowest BCUT2D eigenvalue weighted by atomic mass is 10.2. The fourth-order valence-electron chi connectivity index (χ4n) is 1.61. The van der Waals surface area contributed by atoms with Gasteiger partial charge in [0.05, 0.1) is 7.11 Å². The minimum Gasteiger partial charge on any atom is -0.464 e. The average Bonchev–Trinajstić information content (AvgIpc) is 2.79. The predicted octanol–water partition coefficient (Wildman–Crippen LogP) is 3.34. The zero-order valence-electron chi connectivity index (χ0n) is 11.0. The molecule has 0 fully saturated rings. The molecule has 112 valence electrons. The number of alkyl halides is 3. The number of ether oxygens (including phenoxy) is 2. The second kappa shape index (κ2) is 5.47. The number of carbonyl (C=O) groups excluding carboxylic acids is 1. The van der Waals surface area contributed by atoms with Gasteiger partial charge in [0, 0.05) is 5.56 Å². The third kappa shape index (κ3) is 3.53. The topological polar surface area (TPSA) is 61.6 Å². The molecule has 0 aliphatic heterocycles. The highest BCUT2D eigenvalue weighted by molar-refractivity contribution is 5.88. The first-order valence-electron chi connectivity index (χ1n) is 5.72. The molecule has 0 spiro atoms. The molecule has 0 bridgehead atoms. The normalized spacial score (nSPS) is 11.3. The van der Waals surface area contributed by atoms with Crippen LogP contribution >= 0.6 is 0 Å². The number of oxazole rings is 1. The maximum Gasteiger partial charge on any atom is 0.573 e. The number of carbonyl (C=O) groups is 1. The molecule has 0 amide bonds. The Morgan fingerprint density at radius 3 is 2.38 bits per heavy atom. The van der Waals surface area contributed by atoms with Gasteiger partial charge in [-0.1, -0.05) is 0 Å². The molecule has 0 saturated heterocycles. The van der Waals surface area contributed by atoms with Crippen LogP contribution in [0.3, 0.4) is 0 Å². The Labute approximate surface area is 117 Å². The average molecular weight is 301 g/mol. The van der Waals surface area contributed by atoms with Gasteiger partial charge >= 0.3 is 12.3 Å². The molecule has 0 atom stereocenters. The molecule has 0 unspecified atom stereocenters. The second-order valence-electron chi connectivity index (χ2n) is 3.99. The van der Waals surface area contributed by atoms with E-state index in [0.717, 1.165) is 12.1 Å². The molecule has 0 aliphatic rings. The van der Waals surface area contributed by atoms with E-state index in [1.807, 2.05) is 0 Å². The maximum absolute atomic E-state index is 12.0. The lowest BCUT2D eigenvalue weighted by molar-refractivity contribution is -0.274. The Kier molecular flexibility index (Phi) is 3.88. The van der Waals surface area contributed by atoms with Gasteiger partial charge in [0.15, 0.2) is 5.69 Å². The standard InChI is InChI=1S/C13H10F3NO4/c1-7-10(12(18)19-2)17-11(20-7)8-3-5-9(6-4-8)21-13(14,15)16/h3-6H,1-2H3. The molecular formula is C13H10F3NO4. The number of halogens is 3. The van der Waals surface area contributed by atoms with Gasteiger partial charge in [-0.3, -0.25) is 0 Å². The van der Waals surface area contributed by atoms with E-state index in [2.05, 4.69) is 14.5 Å². The third-order valence-corrected chi connectivity index (χ3v) is 2.51. The van der Waals surface area contributed by atoms with E-state index in [0.29, 0.717) is 5.56 Å². The van der Waals surface area contributed by atoms with Crippen molar-refractivity contribution in [2.24, 2.45) is 0 Å². The smallest absolute Gasteiger partial charge is 0.464 e. The van der Waals surface area contributed by atoms with Crippen molar-refractivity contribution >= 4 is 5.97 Å². The number of esters is 1. The zero-order chi connectivity index (χ0) is 15.6. The summed E-state index contributed by atoms with van der Waals surface area (Å²) in [6.07, 6.45) is -4.75. The van der Waals surface area contributed by atoms with Crippen LogP contribution in [0.1, 0.15) is 16.2 Å². The third-order valence-electron chi connectivity index (χ3n) is 2.51. The number of benzene rings is 1. The zero-order valence-corrected chi connectivity index (χ0v) is 11.0. The van der Waals surface area contributed by atoms with Crippen molar-refractivity contribution in [2.45, 2.75) is 13.3 Å². The van der Waals surface area contributed by atoms with Crippen LogP contribution in [0.15, 0.2) is 28.7 Å². The minimum atomic E-state index is -4.75. The van der Waals surface area contributed by atoms with Gasteiger partial charge in [-0.2, -0.15) is 0 Å². The predicted molar refractivity (Wildman–Crippen MR) is 64.7 cm³/mol. The molecule has 1 aromatic carbocycles. The lowest BCUT2D eigenvalue weighted by Crippen LogP contribution is -2.16. The van der Waals surface area contributed by atoms with Crippen LogP contribution in [0.2, 0.25) is 0 Å². The quantitative estimate of drug-likeness (QED) is 0.814. The van der Waals surface area contributed by atoms with Crippen molar-refractivity contribution < 1.29 is 31.9 Å². The fourth-order valence-corrected chi connectivity index (χ4v) is 1.61. The molecule has 0 aliphatic carbocycles. The Bertz CT molecular complexity index is 646. The largest absolute Gasteiger partial charge is 0.573 e. The van der Waals surface area contributed by atoms with Crippen molar-refractivity contribution in [3.63, 3.8) is 0 Å². The Morgan fingerprint density at radius 1 is 1.24 bits per heavy atom. The first kappa shape index (κ1) is 14.9. The molecule has 1 heterocycles. The summed E-state index contributed by atoms with van der Waals surface area (Å²) in [6, 6.07) is 4.93. The van der Waals surface area contributed by atoms with Gasteiger partial charge in [-0.25, -0.2) is 9.78 Å². The molecule has 0 radical (unpaired) electrons. The van der Waals surface area contributed by atoms with E-state index in [-0.39, 0.29) is 23.1 Å². The van der Waals surface area contributed by atoms with Gasteiger partial charge < -0.3 is 13.9 Å². The monoisotopic (exact) mass is 301 g/mol. The summed E-state index contributed by atoms with van der Waals surface area (Å²) in [5.41, 5.74) is 0.422. The van der Waals surface area contributed by atoms with Crippen LogP contribution in [0.4, 0.5) is 13.2 Å². The highest BCUT2D eigenvalue weighted by Crippen LogP contribution is 2.27. The van der Waals surface area contributed by atoms with E-state index in [1.165, 1.54) is 26.2 Å². The van der Waals surface area contributed by atoms with Crippen LogP contribution in [0.5, 0.6) is 5.75 Å². The van der Waals surface area contributed by atoms with Crippen molar-refractivity contribution in [3.05, 3.63) is 35.7 Å². The summed E-state index contributed by atoms with van der Waals surface area (Å²) < 4.78 is 49.7. The number of hydrogen-bond acceptors (Lipinski definition) is 5. The minimum absolute atomic E-state index is 0.0168. The Morgan fingerprint density at radius 2 is 1.86 bits per heavy atom. The Balaban J connectivity index is 2.25. The molecule has 21 heavy (non-hydrogen) atoms. The Hall–Kier alpha value is -2.51. The number of aromatic nitrogens is 1. The lowest BCUT2D eigenvalue weighted by Gasteiger charge is -2.08. The molecule has 5 nitrogen and oxygen atoms in total. The van der Waals surface area contributed by atoms with E-state index in [4.69, 9.17) is 4.42 Å².